The summed E-state index contributed by atoms with van der Waals surface area (Å²) in [5, 5.41) is 2.69. The smallest absolute Gasteiger partial charge is 0.319 e. The fraction of sp³-hybridized carbons (Fsp3) is 0.375. The van der Waals surface area contributed by atoms with Crippen LogP contribution in [0.5, 0.6) is 0 Å². The number of carbonyl (C=O) groups excluding carboxylic acids is 3. The van der Waals surface area contributed by atoms with Gasteiger partial charge in [0.2, 0.25) is 10.0 Å². The maximum Gasteiger partial charge on any atom is 0.325 e. The predicted octanol–water partition coefficient (Wildman–Crippen LogP) is 2.82. The molecule has 0 spiro atoms. The van der Waals surface area contributed by atoms with Gasteiger partial charge in [-0.1, -0.05) is 36.2 Å². The molecule has 2 saturated heterocycles. The second kappa shape index (κ2) is 8.72. The Morgan fingerprint density at radius 2 is 1.58 bits per heavy atom. The summed E-state index contributed by atoms with van der Waals surface area (Å²) >= 11 is 0. The third-order valence-corrected chi connectivity index (χ3v) is 8.25. The van der Waals surface area contributed by atoms with Crippen molar-refractivity contribution in [2.24, 2.45) is 0 Å². The average Bonchev–Trinajstić information content (AvgIpc) is 3.03. The monoisotopic (exact) mass is 469 g/mol. The normalized spacial score (nSPS) is 21.8. The van der Waals surface area contributed by atoms with Crippen molar-refractivity contribution >= 4 is 27.7 Å². The van der Waals surface area contributed by atoms with E-state index in [-0.39, 0.29) is 10.5 Å². The Morgan fingerprint density at radius 3 is 2.18 bits per heavy atom. The van der Waals surface area contributed by atoms with Crippen LogP contribution in [0.1, 0.15) is 47.7 Å². The first kappa shape index (κ1) is 23.1. The first-order valence-corrected chi connectivity index (χ1v) is 12.4. The van der Waals surface area contributed by atoms with E-state index in [1.54, 1.807) is 19.1 Å². The largest absolute Gasteiger partial charge is 0.325 e. The summed E-state index contributed by atoms with van der Waals surface area (Å²) in [5.41, 5.74) is 0.639. The second-order valence-electron chi connectivity index (χ2n) is 8.72. The van der Waals surface area contributed by atoms with E-state index in [0.29, 0.717) is 18.7 Å². The Balaban J connectivity index is 1.48. The third-order valence-electron chi connectivity index (χ3n) is 6.33. The molecule has 0 saturated carbocycles. The molecule has 2 aliphatic rings. The summed E-state index contributed by atoms with van der Waals surface area (Å²) in [6.45, 7) is 4.10. The highest BCUT2D eigenvalue weighted by molar-refractivity contribution is 7.89. The van der Waals surface area contributed by atoms with E-state index in [4.69, 9.17) is 0 Å². The SMILES string of the molecule is Cc1ccc(C2(C)NC(=O)N(CC(=O)c3ccc(S(=O)(=O)N4CCCCC4)cc3)C2=O)cc1. The average molecular weight is 470 g/mol. The van der Waals surface area contributed by atoms with Crippen LogP contribution >= 0.6 is 0 Å². The lowest BCUT2D eigenvalue weighted by Crippen LogP contribution is -2.41. The molecule has 2 aromatic rings. The van der Waals surface area contributed by atoms with Gasteiger partial charge in [0.05, 0.1) is 11.4 Å². The van der Waals surface area contributed by atoms with E-state index in [1.807, 2.05) is 19.1 Å². The van der Waals surface area contributed by atoms with Crippen LogP contribution in [0, 0.1) is 6.92 Å². The zero-order valence-electron chi connectivity index (χ0n) is 18.7. The number of nitrogens with zero attached hydrogens (tertiary/aromatic N) is 2. The minimum absolute atomic E-state index is 0.128. The number of carbonyl (C=O) groups is 3. The molecule has 9 heteroatoms. The molecule has 2 fully saturated rings. The third kappa shape index (κ3) is 4.30. The molecule has 0 radical (unpaired) electrons. The minimum atomic E-state index is -3.60. The minimum Gasteiger partial charge on any atom is -0.319 e. The van der Waals surface area contributed by atoms with Gasteiger partial charge in [-0.2, -0.15) is 4.31 Å². The Morgan fingerprint density at radius 1 is 0.970 bits per heavy atom. The number of imide groups is 1. The van der Waals surface area contributed by atoms with E-state index in [9.17, 15) is 22.8 Å². The van der Waals surface area contributed by atoms with Crippen molar-refractivity contribution in [3.63, 3.8) is 0 Å². The van der Waals surface area contributed by atoms with Gasteiger partial charge in [-0.3, -0.25) is 14.5 Å². The van der Waals surface area contributed by atoms with Crippen LogP contribution in [0.25, 0.3) is 0 Å². The van der Waals surface area contributed by atoms with Crippen molar-refractivity contribution < 1.29 is 22.8 Å². The standard InChI is InChI=1S/C24H27N3O5S/c1-17-6-10-19(11-7-17)24(2)22(29)27(23(30)25-24)16-21(28)18-8-12-20(13-9-18)33(31,32)26-14-4-3-5-15-26/h6-13H,3-5,14-16H2,1-2H3,(H,25,30). The van der Waals surface area contributed by atoms with Crippen LogP contribution in [-0.2, 0) is 20.4 Å². The molecule has 174 valence electrons. The molecule has 2 aliphatic heterocycles. The molecule has 2 aromatic carbocycles. The number of nitrogens with one attached hydrogen (secondary N) is 1. The highest BCUT2D eigenvalue weighted by Gasteiger charge is 2.49. The first-order valence-electron chi connectivity index (χ1n) is 11.0. The molecule has 8 nitrogen and oxygen atoms in total. The van der Waals surface area contributed by atoms with Crippen LogP contribution in [0.4, 0.5) is 4.79 Å². The molecule has 2 heterocycles. The Hall–Kier alpha value is -3.04. The summed E-state index contributed by atoms with van der Waals surface area (Å²) in [6.07, 6.45) is 2.69. The van der Waals surface area contributed by atoms with Gasteiger partial charge in [0, 0.05) is 18.7 Å². The van der Waals surface area contributed by atoms with E-state index in [1.165, 1.54) is 28.6 Å². The highest BCUT2D eigenvalue weighted by Crippen LogP contribution is 2.29. The molecule has 0 bridgehead atoms. The highest BCUT2D eigenvalue weighted by atomic mass is 32.2. The van der Waals surface area contributed by atoms with Gasteiger partial charge in [0.1, 0.15) is 5.54 Å². The van der Waals surface area contributed by atoms with Crippen LogP contribution < -0.4 is 5.32 Å². The fourth-order valence-electron chi connectivity index (χ4n) is 4.23. The summed E-state index contributed by atoms with van der Waals surface area (Å²) in [7, 11) is -3.60. The number of aryl methyl sites for hydroxylation is 1. The number of sulfonamides is 1. The number of benzene rings is 2. The summed E-state index contributed by atoms with van der Waals surface area (Å²) in [4.78, 5) is 39.4. The molecule has 4 rings (SSSR count). The number of Topliss-reactive ketones (excluding diaryl/α,β-unsaturated/α-hetero) is 1. The lowest BCUT2D eigenvalue weighted by Gasteiger charge is -2.25. The predicted molar refractivity (Wildman–Crippen MR) is 122 cm³/mol. The number of ketones is 1. The maximum absolute atomic E-state index is 13.1. The molecule has 1 atom stereocenters. The van der Waals surface area contributed by atoms with Gasteiger partial charge in [0.25, 0.3) is 5.91 Å². The van der Waals surface area contributed by atoms with E-state index >= 15 is 0 Å². The van der Waals surface area contributed by atoms with Gasteiger partial charge in [-0.25, -0.2) is 13.2 Å². The molecule has 33 heavy (non-hydrogen) atoms. The molecule has 1 unspecified atom stereocenters. The molecule has 1 N–H and O–H groups in total. The van der Waals surface area contributed by atoms with Crippen LogP contribution in [0.3, 0.4) is 0 Å². The van der Waals surface area contributed by atoms with E-state index < -0.39 is 39.8 Å². The number of piperidine rings is 1. The number of urea groups is 1. The lowest BCUT2D eigenvalue weighted by molar-refractivity contribution is -0.130. The van der Waals surface area contributed by atoms with Gasteiger partial charge >= 0.3 is 6.03 Å². The Kier molecular flexibility index (Phi) is 6.11. The number of hydrogen-bond acceptors (Lipinski definition) is 5. The second-order valence-corrected chi connectivity index (χ2v) is 10.7. The Bertz CT molecular complexity index is 1190. The molecule has 0 aliphatic carbocycles. The van der Waals surface area contributed by atoms with Crippen molar-refractivity contribution in [2.75, 3.05) is 19.6 Å². The van der Waals surface area contributed by atoms with E-state index in [2.05, 4.69) is 5.32 Å². The van der Waals surface area contributed by atoms with Crippen molar-refractivity contribution in [3.05, 3.63) is 65.2 Å². The number of hydrogen-bond donors (Lipinski definition) is 1. The van der Waals surface area contributed by atoms with Gasteiger partial charge in [-0.15, -0.1) is 0 Å². The first-order chi connectivity index (χ1) is 15.6. The topological polar surface area (TPSA) is 104 Å². The lowest BCUT2D eigenvalue weighted by atomic mass is 9.91. The maximum atomic E-state index is 13.1. The quantitative estimate of drug-likeness (QED) is 0.518. The molecular formula is C24H27N3O5S. The van der Waals surface area contributed by atoms with Crippen molar-refractivity contribution in [2.45, 2.75) is 43.5 Å². The fourth-order valence-corrected chi connectivity index (χ4v) is 5.74. The Labute approximate surface area is 193 Å². The van der Waals surface area contributed by atoms with Crippen LogP contribution in [0.15, 0.2) is 53.4 Å². The zero-order chi connectivity index (χ0) is 23.8. The zero-order valence-corrected chi connectivity index (χ0v) is 19.5. The molecular weight excluding hydrogens is 442 g/mol. The van der Waals surface area contributed by atoms with Crippen LogP contribution in [0.2, 0.25) is 0 Å². The van der Waals surface area contributed by atoms with Gasteiger partial charge in [0.15, 0.2) is 5.78 Å². The van der Waals surface area contributed by atoms with Crippen molar-refractivity contribution in [1.29, 1.82) is 0 Å². The number of amides is 3. The summed E-state index contributed by atoms with van der Waals surface area (Å²) in [5.74, 6) is -0.956. The van der Waals surface area contributed by atoms with Crippen molar-refractivity contribution in [1.82, 2.24) is 14.5 Å². The van der Waals surface area contributed by atoms with E-state index in [0.717, 1.165) is 29.7 Å². The number of rotatable bonds is 6. The van der Waals surface area contributed by atoms with Crippen molar-refractivity contribution in [3.8, 4) is 0 Å². The van der Waals surface area contributed by atoms with Crippen LogP contribution in [-0.4, -0.2) is 55.0 Å². The molecule has 0 aromatic heterocycles. The van der Waals surface area contributed by atoms with Gasteiger partial charge < -0.3 is 5.32 Å². The summed E-state index contributed by atoms with van der Waals surface area (Å²) < 4.78 is 27.1. The van der Waals surface area contributed by atoms with Gasteiger partial charge in [-0.05, 0) is 56.5 Å². The summed E-state index contributed by atoms with van der Waals surface area (Å²) in [6, 6.07) is 12.3. The molecule has 3 amide bonds.